The minimum absolute atomic E-state index is 0.190. The Kier molecular flexibility index (Phi) is 7.10. The average Bonchev–Trinajstić information content (AvgIpc) is 2.77. The highest BCUT2D eigenvalue weighted by Crippen LogP contribution is 2.28. The highest BCUT2D eigenvalue weighted by Gasteiger charge is 2.31. The molecule has 0 radical (unpaired) electrons. The Morgan fingerprint density at radius 1 is 1.21 bits per heavy atom. The molecule has 0 spiro atoms. The molecule has 29 heavy (non-hydrogen) atoms. The van der Waals surface area contributed by atoms with Crippen LogP contribution in [0.4, 0.5) is 0 Å². The predicted octanol–water partition coefficient (Wildman–Crippen LogP) is 2.43. The van der Waals surface area contributed by atoms with Crippen LogP contribution in [0.1, 0.15) is 18.4 Å². The molecule has 1 atom stereocenters. The van der Waals surface area contributed by atoms with E-state index in [9.17, 15) is 8.42 Å². The molecule has 0 unspecified atom stereocenters. The summed E-state index contributed by atoms with van der Waals surface area (Å²) < 4.78 is 38.1. The second-order valence-electron chi connectivity index (χ2n) is 7.27. The molecular formula is C21H29N3O4S. The number of hydrogen-bond donors (Lipinski definition) is 0. The van der Waals surface area contributed by atoms with Crippen molar-refractivity contribution in [1.82, 2.24) is 14.2 Å². The smallest absolute Gasteiger partial charge is 0.244 e. The van der Waals surface area contributed by atoms with Gasteiger partial charge in [0, 0.05) is 38.1 Å². The molecule has 2 heterocycles. The van der Waals surface area contributed by atoms with E-state index in [4.69, 9.17) is 9.47 Å². The van der Waals surface area contributed by atoms with Crippen molar-refractivity contribution in [3.63, 3.8) is 0 Å². The summed E-state index contributed by atoms with van der Waals surface area (Å²) in [4.78, 5) is 6.46. The van der Waals surface area contributed by atoms with Crippen molar-refractivity contribution >= 4 is 10.0 Å². The van der Waals surface area contributed by atoms with Crippen molar-refractivity contribution < 1.29 is 17.9 Å². The summed E-state index contributed by atoms with van der Waals surface area (Å²) in [6.07, 6.45) is 5.69. The Bertz CT molecular complexity index is 905. The molecule has 158 valence electrons. The summed E-state index contributed by atoms with van der Waals surface area (Å²) in [7, 11) is 1.82. The Morgan fingerprint density at radius 2 is 2.00 bits per heavy atom. The molecule has 0 amide bonds. The van der Waals surface area contributed by atoms with Gasteiger partial charge in [-0.25, -0.2) is 8.42 Å². The lowest BCUT2D eigenvalue weighted by molar-refractivity contribution is 0.164. The highest BCUT2D eigenvalue weighted by atomic mass is 32.2. The third-order valence-electron chi connectivity index (χ3n) is 5.46. The number of pyridine rings is 1. The van der Waals surface area contributed by atoms with Crippen LogP contribution in [0.15, 0.2) is 47.6 Å². The van der Waals surface area contributed by atoms with E-state index in [0.29, 0.717) is 18.8 Å². The molecule has 1 aliphatic rings. The van der Waals surface area contributed by atoms with E-state index in [-0.39, 0.29) is 10.9 Å². The molecule has 1 aliphatic heterocycles. The van der Waals surface area contributed by atoms with E-state index < -0.39 is 10.0 Å². The van der Waals surface area contributed by atoms with E-state index in [1.807, 2.05) is 18.2 Å². The van der Waals surface area contributed by atoms with E-state index in [1.54, 1.807) is 36.9 Å². The molecule has 0 saturated carbocycles. The third-order valence-corrected chi connectivity index (χ3v) is 7.30. The standard InChI is InChI=1S/C21H29N3O4S/c1-23(13-10-17-8-9-20(27-2)21(14-17)28-3)18-6-5-12-24(16-18)29(25,26)19-7-4-11-22-15-19/h4,7-9,11,14-15,18H,5-6,10,12-13,16H2,1-3H3/t18-/m0/s1. The lowest BCUT2D eigenvalue weighted by Gasteiger charge is -2.37. The first-order valence-corrected chi connectivity index (χ1v) is 11.2. The zero-order valence-corrected chi connectivity index (χ0v) is 18.1. The molecule has 8 heteroatoms. The Balaban J connectivity index is 1.62. The summed E-state index contributed by atoms with van der Waals surface area (Å²) in [5.41, 5.74) is 1.16. The monoisotopic (exact) mass is 419 g/mol. The molecular weight excluding hydrogens is 390 g/mol. The van der Waals surface area contributed by atoms with Crippen LogP contribution >= 0.6 is 0 Å². The zero-order valence-electron chi connectivity index (χ0n) is 17.2. The van der Waals surface area contributed by atoms with Gasteiger partial charge >= 0.3 is 0 Å². The largest absolute Gasteiger partial charge is 0.493 e. The van der Waals surface area contributed by atoms with Crippen LogP contribution in [0.2, 0.25) is 0 Å². The first-order valence-electron chi connectivity index (χ1n) is 9.77. The Hall–Kier alpha value is -2.16. The van der Waals surface area contributed by atoms with Crippen molar-refractivity contribution in [1.29, 1.82) is 0 Å². The topological polar surface area (TPSA) is 72.0 Å². The van der Waals surface area contributed by atoms with Crippen molar-refractivity contribution in [3.8, 4) is 11.5 Å². The number of methoxy groups -OCH3 is 2. The first-order chi connectivity index (χ1) is 14.0. The maximum absolute atomic E-state index is 12.9. The van der Waals surface area contributed by atoms with Gasteiger partial charge in [0.2, 0.25) is 10.0 Å². The summed E-state index contributed by atoms with van der Waals surface area (Å²) in [5, 5.41) is 0. The quantitative estimate of drug-likeness (QED) is 0.654. The predicted molar refractivity (Wildman–Crippen MR) is 112 cm³/mol. The number of nitrogens with zero attached hydrogens (tertiary/aromatic N) is 3. The average molecular weight is 420 g/mol. The van der Waals surface area contributed by atoms with Crippen LogP contribution in [-0.4, -0.2) is 69.6 Å². The summed E-state index contributed by atoms with van der Waals surface area (Å²) in [6.45, 7) is 1.89. The molecule has 7 nitrogen and oxygen atoms in total. The number of likely N-dealkylation sites (N-methyl/N-ethyl adjacent to an activating group) is 1. The Morgan fingerprint density at radius 3 is 2.69 bits per heavy atom. The molecule has 1 aromatic heterocycles. The molecule has 0 aliphatic carbocycles. The van der Waals surface area contributed by atoms with Gasteiger partial charge in [0.05, 0.1) is 14.2 Å². The maximum atomic E-state index is 12.9. The maximum Gasteiger partial charge on any atom is 0.244 e. The molecule has 2 aromatic rings. The fourth-order valence-electron chi connectivity index (χ4n) is 3.67. The van der Waals surface area contributed by atoms with E-state index in [0.717, 1.165) is 37.1 Å². The van der Waals surface area contributed by atoms with Gasteiger partial charge in [-0.05, 0) is 56.1 Å². The van der Waals surface area contributed by atoms with Crippen LogP contribution in [0.25, 0.3) is 0 Å². The number of benzene rings is 1. The van der Waals surface area contributed by atoms with Gasteiger partial charge in [-0.3, -0.25) is 4.98 Å². The SMILES string of the molecule is COc1ccc(CCN(C)[C@H]2CCCN(S(=O)(=O)c3cccnc3)C2)cc1OC. The normalized spacial score (nSPS) is 18.0. The van der Waals surface area contributed by atoms with Crippen molar-refractivity contribution in [2.45, 2.75) is 30.2 Å². The molecule has 1 saturated heterocycles. The lowest BCUT2D eigenvalue weighted by Crippen LogP contribution is -2.48. The number of sulfonamides is 1. The van der Waals surface area contributed by atoms with Crippen molar-refractivity contribution in [2.24, 2.45) is 0 Å². The second-order valence-corrected chi connectivity index (χ2v) is 9.21. The van der Waals surface area contributed by atoms with Gasteiger partial charge < -0.3 is 14.4 Å². The highest BCUT2D eigenvalue weighted by molar-refractivity contribution is 7.89. The van der Waals surface area contributed by atoms with Gasteiger partial charge in [0.1, 0.15) is 4.90 Å². The fraction of sp³-hybridized carbons (Fsp3) is 0.476. The van der Waals surface area contributed by atoms with Crippen LogP contribution < -0.4 is 9.47 Å². The number of hydrogen-bond acceptors (Lipinski definition) is 6. The first kappa shape index (κ1) is 21.5. The van der Waals surface area contributed by atoms with Gasteiger partial charge in [-0.1, -0.05) is 6.07 Å². The minimum Gasteiger partial charge on any atom is -0.493 e. The van der Waals surface area contributed by atoms with Crippen molar-refractivity contribution in [2.75, 3.05) is 40.9 Å². The van der Waals surface area contributed by atoms with Gasteiger partial charge in [0.15, 0.2) is 11.5 Å². The van der Waals surface area contributed by atoms with E-state index in [1.165, 1.54) is 6.20 Å². The second kappa shape index (κ2) is 9.56. The van der Waals surface area contributed by atoms with Crippen LogP contribution in [0.3, 0.4) is 0 Å². The Labute approximate surface area is 173 Å². The van der Waals surface area contributed by atoms with Crippen LogP contribution in [0.5, 0.6) is 11.5 Å². The molecule has 1 aromatic carbocycles. The van der Waals surface area contributed by atoms with E-state index >= 15 is 0 Å². The minimum atomic E-state index is -3.50. The molecule has 3 rings (SSSR count). The van der Waals surface area contributed by atoms with Gasteiger partial charge in [-0.15, -0.1) is 0 Å². The summed E-state index contributed by atoms with van der Waals surface area (Å²) >= 11 is 0. The molecule has 0 N–H and O–H groups in total. The number of piperidine rings is 1. The van der Waals surface area contributed by atoms with Crippen LogP contribution in [0, 0.1) is 0 Å². The summed E-state index contributed by atoms with van der Waals surface area (Å²) in [5.74, 6) is 1.44. The third kappa shape index (κ3) is 5.07. The summed E-state index contributed by atoms with van der Waals surface area (Å²) in [6, 6.07) is 9.39. The molecule has 1 fully saturated rings. The fourth-order valence-corrected chi connectivity index (χ4v) is 5.15. The molecule has 0 bridgehead atoms. The number of ether oxygens (including phenoxy) is 2. The van der Waals surface area contributed by atoms with E-state index in [2.05, 4.69) is 16.9 Å². The van der Waals surface area contributed by atoms with Gasteiger partial charge in [0.25, 0.3) is 0 Å². The zero-order chi connectivity index (χ0) is 20.9. The van der Waals surface area contributed by atoms with Crippen LogP contribution in [-0.2, 0) is 16.4 Å². The number of aromatic nitrogens is 1. The van der Waals surface area contributed by atoms with Crippen molar-refractivity contribution in [3.05, 3.63) is 48.3 Å². The number of rotatable bonds is 8. The van der Waals surface area contributed by atoms with Gasteiger partial charge in [-0.2, -0.15) is 4.31 Å². The lowest BCUT2D eigenvalue weighted by atomic mass is 10.1.